The fourth-order valence-corrected chi connectivity index (χ4v) is 16.6. The standard InChI is InChI=1S/C20H25N3O2.C19H15ClN2O2.C19H23N3O3.C19H18N2O2.C16H18N2O.C13H11ClN2O.C11H15N3O/c24-20(23(25)15-7-10-17-8-3-1-4-9-17)19-16-18(11-12-21-19)22-13-5-2-6-14-22;20-17-8-6-15(7-9-17)16-10-11-21-18(12-16)19(23)22(24)13-14-4-2-1-3-5-14;1-14-11-21(12-15(2)25-14)17-8-9-20-18(10-17)19(23)22(24)13-16-6-4-3-5-7-16;22-19(18-13-16-10-4-5-11-17(16)14-20-18)21(23)12-6-9-15-7-2-1-3-8-15;1-11(2)12-5-4-6-13(9-12)14-7-8-15(18-10-14)16(19)17-3;1-15-13(17)12-8-10(6-7-16-12)9-2-4-11(14)5-3-9;1-12-11(15)10-5-4-9(8-13-10)14-6-2-3-7-14/h1,3-4,8-9,11-12,16,25H,2,5-7,10,13-15H2;1-12,24H,13H2;3-10,14-15,24H,11-13H2,1-2H3;1-5,7-8,10-11,13-14,23H,6,9,12H2;4-11H,1-3H3,(H,17,19);2-8H,1H3,(H,15,17);4-5,8H,2-3,6-7H2,1H3,(H,12,15)/t;;14-,15+;;;;. The minimum Gasteiger partial charge on any atom is -0.372 e. The van der Waals surface area contributed by atoms with Gasteiger partial charge in [0.05, 0.1) is 37.2 Å². The van der Waals surface area contributed by atoms with Gasteiger partial charge in [-0.1, -0.05) is 237 Å². The average molecular weight is 2030 g/mol. The number of morpholine rings is 1. The summed E-state index contributed by atoms with van der Waals surface area (Å²) in [4.78, 5) is 119. The number of carbonyl (C=O) groups is 7. The number of nitrogens with zero attached hydrogens (tertiary/aromatic N) is 14. The van der Waals surface area contributed by atoms with E-state index in [1.807, 2.05) is 226 Å². The number of hydroxylamine groups is 8. The molecule has 29 nitrogen and oxygen atoms in total. The molecule has 10 heterocycles. The van der Waals surface area contributed by atoms with Crippen LogP contribution in [-0.2, 0) is 30.7 Å². The molecule has 7 N–H and O–H groups in total. The summed E-state index contributed by atoms with van der Waals surface area (Å²) in [5.41, 5.74) is 16.5. The molecule has 0 saturated carbocycles. The second kappa shape index (κ2) is 57.7. The van der Waals surface area contributed by atoms with E-state index in [-0.39, 0.29) is 66.6 Å². The maximum atomic E-state index is 12.5. The summed E-state index contributed by atoms with van der Waals surface area (Å²) in [6.45, 7) is 14.9. The Morgan fingerprint density at radius 1 is 0.338 bits per heavy atom. The Balaban J connectivity index is 0.000000154. The molecule has 2 atom stereocenters. The average Bonchev–Trinajstić information content (AvgIpc) is 1.12. The predicted molar refractivity (Wildman–Crippen MR) is 579 cm³/mol. The fraction of sp³-hybridized carbons (Fsp3) is 0.248. The van der Waals surface area contributed by atoms with Crippen LogP contribution in [0.1, 0.15) is 180 Å². The molecule has 764 valence electrons. The highest BCUT2D eigenvalue weighted by molar-refractivity contribution is 6.31. The molecule has 7 amide bonds. The summed E-state index contributed by atoms with van der Waals surface area (Å²) in [5, 5.41) is 54.0. The van der Waals surface area contributed by atoms with E-state index >= 15 is 0 Å². The molecular weight excluding hydrogens is 1910 g/mol. The molecule has 0 radical (unpaired) electrons. The van der Waals surface area contributed by atoms with Crippen molar-refractivity contribution < 1.29 is 59.1 Å². The van der Waals surface area contributed by atoms with Crippen LogP contribution in [0.4, 0.5) is 17.1 Å². The third kappa shape index (κ3) is 34.4. The second-order valence-electron chi connectivity index (χ2n) is 35.6. The SMILES string of the molecule is CNC(=O)c1cc(-c2ccc(Cl)cc2)ccn1.CNC(=O)c1ccc(-c2cccc(C(C)C)c2)cn1.CNC(=O)c1ccc(N2CCCC2)cn1.C[C@@H]1CN(c2ccnc(C(=O)N(O)Cc3ccccc3)c2)C[C@H](C)O1.O=C(c1cc(-c2ccc(Cl)cc2)ccn1)N(O)Cc1ccccc1.O=C(c1cc(N2CCCCC2)ccn1)N(O)CCCc1ccccc1.O=C(c1cc2ccccc2cn1)N(O)CCCc1ccccc1. The highest BCUT2D eigenvalue weighted by atomic mass is 35.5. The van der Waals surface area contributed by atoms with Crippen molar-refractivity contribution in [1.29, 1.82) is 0 Å². The predicted octanol–water partition coefficient (Wildman–Crippen LogP) is 21.4. The fourth-order valence-electron chi connectivity index (χ4n) is 16.3. The van der Waals surface area contributed by atoms with Crippen molar-refractivity contribution in [1.82, 2.24) is 71.1 Å². The van der Waals surface area contributed by atoms with Gasteiger partial charge in [0.2, 0.25) is 0 Å². The van der Waals surface area contributed by atoms with E-state index in [9.17, 15) is 54.4 Å². The number of halogens is 2. The smallest absolute Gasteiger partial charge is 0.296 e. The molecule has 0 aliphatic carbocycles. The van der Waals surface area contributed by atoms with Crippen LogP contribution in [0.2, 0.25) is 10.0 Å². The number of carbonyl (C=O) groups excluding carboxylic acids is 7. The van der Waals surface area contributed by atoms with E-state index in [0.717, 1.165) is 135 Å². The minimum atomic E-state index is -0.547. The van der Waals surface area contributed by atoms with Crippen molar-refractivity contribution in [2.45, 2.75) is 117 Å². The van der Waals surface area contributed by atoms with Gasteiger partial charge in [-0.2, -0.15) is 0 Å². The summed E-state index contributed by atoms with van der Waals surface area (Å²) in [7, 11) is 4.79. The van der Waals surface area contributed by atoms with E-state index in [0.29, 0.717) is 68.3 Å². The van der Waals surface area contributed by atoms with Gasteiger partial charge < -0.3 is 35.4 Å². The van der Waals surface area contributed by atoms with Crippen LogP contribution in [0.5, 0.6) is 0 Å². The van der Waals surface area contributed by atoms with Crippen molar-refractivity contribution in [2.24, 2.45) is 0 Å². The van der Waals surface area contributed by atoms with Crippen molar-refractivity contribution in [2.75, 3.05) is 88.2 Å². The summed E-state index contributed by atoms with van der Waals surface area (Å²) in [6.07, 6.45) is 21.0. The zero-order valence-electron chi connectivity index (χ0n) is 84.1. The number of aromatic nitrogens is 7. The molecule has 3 saturated heterocycles. The van der Waals surface area contributed by atoms with Gasteiger partial charge in [-0.3, -0.25) is 84.3 Å². The Morgan fingerprint density at radius 2 is 0.709 bits per heavy atom. The number of piperidine rings is 1. The summed E-state index contributed by atoms with van der Waals surface area (Å²) < 4.78 is 5.75. The summed E-state index contributed by atoms with van der Waals surface area (Å²) in [5.74, 6) is -1.96. The van der Waals surface area contributed by atoms with Gasteiger partial charge in [-0.05, 0) is 236 Å². The molecule has 0 bridgehead atoms. The van der Waals surface area contributed by atoms with Crippen LogP contribution in [0, 0.1) is 0 Å². The number of rotatable bonds is 26. The lowest BCUT2D eigenvalue weighted by atomic mass is 9.98. The number of ether oxygens (including phenoxy) is 1. The molecule has 8 aromatic carbocycles. The zero-order valence-corrected chi connectivity index (χ0v) is 85.6. The Hall–Kier alpha value is -15.9. The molecule has 15 aromatic rings. The first kappa shape index (κ1) is 111. The number of benzene rings is 8. The normalized spacial score (nSPS) is 13.3. The molecule has 3 aliphatic rings. The van der Waals surface area contributed by atoms with E-state index in [1.165, 1.54) is 48.8 Å². The Labute approximate surface area is 873 Å². The number of fused-ring (bicyclic) bond motifs is 1. The van der Waals surface area contributed by atoms with E-state index < -0.39 is 23.6 Å². The Bertz CT molecular complexity index is 6740. The largest absolute Gasteiger partial charge is 0.372 e. The van der Waals surface area contributed by atoms with E-state index in [4.69, 9.17) is 27.9 Å². The lowest BCUT2D eigenvalue weighted by molar-refractivity contribution is -0.0652. The first-order chi connectivity index (χ1) is 71.8. The molecule has 18 rings (SSSR count). The van der Waals surface area contributed by atoms with Gasteiger partial charge in [0.15, 0.2) is 0 Å². The Morgan fingerprint density at radius 3 is 1.16 bits per heavy atom. The number of hydrogen-bond donors (Lipinski definition) is 7. The van der Waals surface area contributed by atoms with Crippen molar-refractivity contribution in [3.63, 3.8) is 0 Å². The molecule has 148 heavy (non-hydrogen) atoms. The molecule has 7 aromatic heterocycles. The third-order valence-electron chi connectivity index (χ3n) is 24.3. The first-order valence-electron chi connectivity index (χ1n) is 49.3. The second-order valence-corrected chi connectivity index (χ2v) is 36.4. The van der Waals surface area contributed by atoms with Crippen LogP contribution < -0.4 is 30.7 Å². The molecule has 3 aliphatic heterocycles. The maximum Gasteiger partial charge on any atom is 0.296 e. The maximum absolute atomic E-state index is 12.5. The molecule has 3 fully saturated rings. The number of pyridine rings is 7. The third-order valence-corrected chi connectivity index (χ3v) is 24.8. The van der Waals surface area contributed by atoms with E-state index in [1.54, 1.807) is 125 Å². The van der Waals surface area contributed by atoms with Crippen LogP contribution in [0.25, 0.3) is 44.2 Å². The number of hydrogen-bond acceptors (Lipinski definition) is 22. The number of nitrogens with one attached hydrogen (secondary N) is 3. The topological polar surface area (TPSA) is 359 Å². The monoisotopic (exact) mass is 2030 g/mol. The van der Waals surface area contributed by atoms with Crippen LogP contribution in [0.3, 0.4) is 0 Å². The van der Waals surface area contributed by atoms with Crippen LogP contribution in [-0.4, -0.2) is 203 Å². The Kier molecular flexibility index (Phi) is 43.3. The van der Waals surface area contributed by atoms with Crippen LogP contribution in [0.15, 0.2) is 341 Å². The lowest BCUT2D eigenvalue weighted by Crippen LogP contribution is -2.45. The minimum absolute atomic E-state index is 0.104. The van der Waals surface area contributed by atoms with Gasteiger partial charge in [0.25, 0.3) is 41.4 Å². The van der Waals surface area contributed by atoms with Gasteiger partial charge in [0, 0.05) is 143 Å². The molecule has 0 spiro atoms. The zero-order chi connectivity index (χ0) is 105. The van der Waals surface area contributed by atoms with Crippen LogP contribution >= 0.6 is 23.2 Å². The van der Waals surface area contributed by atoms with Gasteiger partial charge >= 0.3 is 0 Å². The van der Waals surface area contributed by atoms with E-state index in [2.05, 4.69) is 104 Å². The number of aryl methyl sites for hydroxylation is 2. The van der Waals surface area contributed by atoms with Gasteiger partial charge in [-0.25, -0.2) is 25.2 Å². The van der Waals surface area contributed by atoms with Crippen molar-refractivity contribution in [3.05, 3.63) is 418 Å². The van der Waals surface area contributed by atoms with Crippen molar-refractivity contribution in [3.8, 4) is 33.4 Å². The highest BCUT2D eigenvalue weighted by Crippen LogP contribution is 2.30. The van der Waals surface area contributed by atoms with Gasteiger partial charge in [-0.15, -0.1) is 0 Å². The summed E-state index contributed by atoms with van der Waals surface area (Å²) >= 11 is 11.7. The summed E-state index contributed by atoms with van der Waals surface area (Å²) in [6, 6.07) is 93.0. The first-order valence-corrected chi connectivity index (χ1v) is 50.0. The number of anilines is 3. The van der Waals surface area contributed by atoms with Crippen molar-refractivity contribution >= 4 is 92.4 Å². The quantitative estimate of drug-likeness (QED) is 0.0196. The van der Waals surface area contributed by atoms with Gasteiger partial charge in [0.1, 0.15) is 39.9 Å². The molecule has 31 heteroatoms. The molecular formula is C117H125Cl2N17O12. The lowest BCUT2D eigenvalue weighted by Gasteiger charge is -2.36. The highest BCUT2D eigenvalue weighted by Gasteiger charge is 2.27. The number of amides is 7. The molecule has 0 unspecified atom stereocenters.